The maximum atomic E-state index is 2.46. The Morgan fingerprint density at radius 3 is 2.58 bits per heavy atom. The van der Waals surface area contributed by atoms with Crippen LogP contribution in [0.3, 0.4) is 0 Å². The van der Waals surface area contributed by atoms with Gasteiger partial charge < -0.3 is 4.90 Å². The van der Waals surface area contributed by atoms with E-state index in [0.717, 1.165) is 5.92 Å². The standard InChI is InChI=1S/C11H15N/c1-10-7-8-12(9-10)11-5-3-2-4-6-11/h2-6,10H,7-9H2,1H3/t10-/m0/s1. The van der Waals surface area contributed by atoms with E-state index in [1.807, 2.05) is 0 Å². The molecule has 1 aliphatic rings. The lowest BCUT2D eigenvalue weighted by Gasteiger charge is -2.17. The van der Waals surface area contributed by atoms with E-state index in [1.165, 1.54) is 25.2 Å². The van der Waals surface area contributed by atoms with E-state index >= 15 is 0 Å². The van der Waals surface area contributed by atoms with Crippen molar-refractivity contribution in [1.29, 1.82) is 0 Å². The smallest absolute Gasteiger partial charge is 0.0366 e. The first-order chi connectivity index (χ1) is 5.86. The number of hydrogen-bond acceptors (Lipinski definition) is 1. The summed E-state index contributed by atoms with van der Waals surface area (Å²) in [6, 6.07) is 10.7. The number of benzene rings is 1. The van der Waals surface area contributed by atoms with Gasteiger partial charge in [0.15, 0.2) is 0 Å². The molecule has 0 aliphatic carbocycles. The Morgan fingerprint density at radius 1 is 1.25 bits per heavy atom. The van der Waals surface area contributed by atoms with E-state index in [1.54, 1.807) is 0 Å². The SMILES string of the molecule is C[C@H]1CCN(c2ccccc2)C1. The van der Waals surface area contributed by atoms with Gasteiger partial charge in [0.05, 0.1) is 0 Å². The molecule has 0 unspecified atom stereocenters. The molecule has 0 spiro atoms. The third-order valence-electron chi connectivity index (χ3n) is 2.55. The quantitative estimate of drug-likeness (QED) is 0.611. The zero-order chi connectivity index (χ0) is 8.39. The van der Waals surface area contributed by atoms with Gasteiger partial charge in [-0.15, -0.1) is 0 Å². The van der Waals surface area contributed by atoms with E-state index in [0.29, 0.717) is 0 Å². The monoisotopic (exact) mass is 161 g/mol. The number of nitrogens with zero attached hydrogens (tertiary/aromatic N) is 1. The van der Waals surface area contributed by atoms with Gasteiger partial charge in [0, 0.05) is 18.8 Å². The molecule has 1 fully saturated rings. The lowest BCUT2D eigenvalue weighted by atomic mass is 10.2. The van der Waals surface area contributed by atoms with Crippen LogP contribution in [0.1, 0.15) is 13.3 Å². The molecule has 0 radical (unpaired) electrons. The molecular formula is C11H15N. The van der Waals surface area contributed by atoms with Crippen LogP contribution in [0.5, 0.6) is 0 Å². The molecule has 1 nitrogen and oxygen atoms in total. The Balaban J connectivity index is 2.11. The maximum absolute atomic E-state index is 2.46. The second-order valence-corrected chi connectivity index (χ2v) is 3.68. The van der Waals surface area contributed by atoms with Crippen molar-refractivity contribution >= 4 is 5.69 Å². The van der Waals surface area contributed by atoms with Crippen molar-refractivity contribution in [2.45, 2.75) is 13.3 Å². The van der Waals surface area contributed by atoms with Crippen LogP contribution in [0.25, 0.3) is 0 Å². The van der Waals surface area contributed by atoms with E-state index < -0.39 is 0 Å². The highest BCUT2D eigenvalue weighted by Crippen LogP contribution is 2.22. The van der Waals surface area contributed by atoms with E-state index in [9.17, 15) is 0 Å². The van der Waals surface area contributed by atoms with Gasteiger partial charge in [-0.25, -0.2) is 0 Å². The number of rotatable bonds is 1. The first kappa shape index (κ1) is 7.66. The van der Waals surface area contributed by atoms with Gasteiger partial charge in [0.1, 0.15) is 0 Å². The fraction of sp³-hybridized carbons (Fsp3) is 0.455. The van der Waals surface area contributed by atoms with Crippen molar-refractivity contribution in [2.24, 2.45) is 5.92 Å². The molecule has 1 heteroatoms. The van der Waals surface area contributed by atoms with Crippen molar-refractivity contribution in [1.82, 2.24) is 0 Å². The molecule has 64 valence electrons. The summed E-state index contributed by atoms with van der Waals surface area (Å²) in [6.45, 7) is 4.78. The second-order valence-electron chi connectivity index (χ2n) is 3.68. The molecule has 0 bridgehead atoms. The minimum atomic E-state index is 0.866. The van der Waals surface area contributed by atoms with Crippen molar-refractivity contribution in [3.8, 4) is 0 Å². The van der Waals surface area contributed by atoms with Crippen LogP contribution in [0.4, 0.5) is 5.69 Å². The van der Waals surface area contributed by atoms with E-state index in [4.69, 9.17) is 0 Å². The topological polar surface area (TPSA) is 3.24 Å². The highest BCUT2D eigenvalue weighted by atomic mass is 15.1. The number of hydrogen-bond donors (Lipinski definition) is 0. The number of anilines is 1. The summed E-state index contributed by atoms with van der Waals surface area (Å²) in [4.78, 5) is 2.46. The van der Waals surface area contributed by atoms with Gasteiger partial charge >= 0.3 is 0 Å². The molecule has 1 aromatic carbocycles. The molecule has 0 N–H and O–H groups in total. The lowest BCUT2D eigenvalue weighted by Crippen LogP contribution is -2.18. The van der Waals surface area contributed by atoms with Gasteiger partial charge in [-0.1, -0.05) is 25.1 Å². The molecule has 1 saturated heterocycles. The average Bonchev–Trinajstić information content (AvgIpc) is 2.54. The van der Waals surface area contributed by atoms with Crippen LogP contribution >= 0.6 is 0 Å². The Bertz CT molecular complexity index is 242. The minimum Gasteiger partial charge on any atom is -0.371 e. The Labute approximate surface area is 74.0 Å². The average molecular weight is 161 g/mol. The molecule has 2 rings (SSSR count). The third kappa shape index (κ3) is 1.45. The van der Waals surface area contributed by atoms with Crippen molar-refractivity contribution in [3.05, 3.63) is 30.3 Å². The van der Waals surface area contributed by atoms with Gasteiger partial charge in [-0.2, -0.15) is 0 Å². The second kappa shape index (κ2) is 3.18. The van der Waals surface area contributed by atoms with Crippen LogP contribution in [0, 0.1) is 5.92 Å². The van der Waals surface area contributed by atoms with Gasteiger partial charge in [-0.05, 0) is 24.5 Å². The molecule has 12 heavy (non-hydrogen) atoms. The zero-order valence-electron chi connectivity index (χ0n) is 7.53. The molecular weight excluding hydrogens is 146 g/mol. The summed E-state index contributed by atoms with van der Waals surface area (Å²) in [5, 5.41) is 0. The Morgan fingerprint density at radius 2 is 2.00 bits per heavy atom. The van der Waals surface area contributed by atoms with Crippen molar-refractivity contribution in [3.63, 3.8) is 0 Å². The molecule has 1 heterocycles. The lowest BCUT2D eigenvalue weighted by molar-refractivity contribution is 0.659. The molecule has 0 saturated carbocycles. The minimum absolute atomic E-state index is 0.866. The highest BCUT2D eigenvalue weighted by Gasteiger charge is 2.17. The van der Waals surface area contributed by atoms with Gasteiger partial charge in [0.2, 0.25) is 0 Å². The summed E-state index contributed by atoms with van der Waals surface area (Å²) in [5.41, 5.74) is 1.38. The summed E-state index contributed by atoms with van der Waals surface area (Å²) in [7, 11) is 0. The predicted octanol–water partition coefficient (Wildman–Crippen LogP) is 2.53. The fourth-order valence-electron chi connectivity index (χ4n) is 1.81. The molecule has 1 aliphatic heterocycles. The first-order valence-corrected chi connectivity index (χ1v) is 4.66. The highest BCUT2D eigenvalue weighted by molar-refractivity contribution is 5.46. The normalized spacial score (nSPS) is 23.1. The Kier molecular flexibility index (Phi) is 2.03. The molecule has 0 amide bonds. The van der Waals surface area contributed by atoms with Gasteiger partial charge in [-0.3, -0.25) is 0 Å². The molecule has 1 atom stereocenters. The molecule has 1 aromatic rings. The van der Waals surface area contributed by atoms with Crippen LogP contribution in [0.15, 0.2) is 30.3 Å². The van der Waals surface area contributed by atoms with Crippen LogP contribution in [0.2, 0.25) is 0 Å². The summed E-state index contributed by atoms with van der Waals surface area (Å²) in [5.74, 6) is 0.866. The molecule has 0 aromatic heterocycles. The van der Waals surface area contributed by atoms with E-state index in [2.05, 4.69) is 42.2 Å². The Hall–Kier alpha value is -0.980. The summed E-state index contributed by atoms with van der Waals surface area (Å²) >= 11 is 0. The first-order valence-electron chi connectivity index (χ1n) is 4.66. The fourth-order valence-corrected chi connectivity index (χ4v) is 1.81. The van der Waals surface area contributed by atoms with Crippen LogP contribution in [-0.2, 0) is 0 Å². The largest absolute Gasteiger partial charge is 0.371 e. The van der Waals surface area contributed by atoms with E-state index in [-0.39, 0.29) is 0 Å². The van der Waals surface area contributed by atoms with Crippen molar-refractivity contribution in [2.75, 3.05) is 18.0 Å². The van der Waals surface area contributed by atoms with Crippen LogP contribution < -0.4 is 4.90 Å². The summed E-state index contributed by atoms with van der Waals surface area (Å²) in [6.07, 6.45) is 1.34. The van der Waals surface area contributed by atoms with Crippen molar-refractivity contribution < 1.29 is 0 Å². The zero-order valence-corrected chi connectivity index (χ0v) is 7.53. The van der Waals surface area contributed by atoms with Crippen LogP contribution in [-0.4, -0.2) is 13.1 Å². The third-order valence-corrected chi connectivity index (χ3v) is 2.55. The maximum Gasteiger partial charge on any atom is 0.0366 e. The summed E-state index contributed by atoms with van der Waals surface area (Å²) < 4.78 is 0. The number of para-hydroxylation sites is 1. The van der Waals surface area contributed by atoms with Gasteiger partial charge in [0.25, 0.3) is 0 Å². The predicted molar refractivity (Wildman–Crippen MR) is 52.4 cm³/mol.